The lowest BCUT2D eigenvalue weighted by atomic mass is 10.2. The van der Waals surface area contributed by atoms with Crippen molar-refractivity contribution in [2.75, 3.05) is 24.2 Å². The Morgan fingerprint density at radius 2 is 1.67 bits per heavy atom. The standard InChI is InChI=1S/C18H20ClN3O2/c1-13(18(24)20-14-8-4-3-5-9-14)22(2)12-17(23)21-16-11-7-6-10-15(16)19/h3-11,13H,12H2,1-2H3,(H,20,24)(H,21,23)/t13-/m1/s1. The van der Waals surface area contributed by atoms with Crippen LogP contribution in [-0.4, -0.2) is 36.3 Å². The largest absolute Gasteiger partial charge is 0.325 e. The quantitative estimate of drug-likeness (QED) is 0.845. The summed E-state index contributed by atoms with van der Waals surface area (Å²) < 4.78 is 0. The van der Waals surface area contributed by atoms with E-state index in [9.17, 15) is 9.59 Å². The third-order valence-corrected chi connectivity index (χ3v) is 3.95. The van der Waals surface area contributed by atoms with E-state index < -0.39 is 6.04 Å². The Morgan fingerprint density at radius 1 is 1.04 bits per heavy atom. The van der Waals surface area contributed by atoms with Gasteiger partial charge in [0.25, 0.3) is 0 Å². The second kappa shape index (κ2) is 8.47. The Labute approximate surface area is 146 Å². The number of anilines is 2. The number of rotatable bonds is 6. The summed E-state index contributed by atoms with van der Waals surface area (Å²) in [7, 11) is 1.72. The molecule has 126 valence electrons. The Morgan fingerprint density at radius 3 is 2.33 bits per heavy atom. The van der Waals surface area contributed by atoms with E-state index in [0.717, 1.165) is 5.69 Å². The average molecular weight is 346 g/mol. The normalized spacial score (nSPS) is 11.8. The van der Waals surface area contributed by atoms with Crippen LogP contribution >= 0.6 is 11.6 Å². The first-order chi connectivity index (χ1) is 11.5. The van der Waals surface area contributed by atoms with Crippen molar-refractivity contribution in [1.82, 2.24) is 4.90 Å². The molecule has 2 amide bonds. The number of nitrogens with one attached hydrogen (secondary N) is 2. The number of nitrogens with zero attached hydrogens (tertiary/aromatic N) is 1. The Hall–Kier alpha value is -2.37. The van der Waals surface area contributed by atoms with Crippen LogP contribution in [0.15, 0.2) is 54.6 Å². The molecule has 2 aromatic carbocycles. The number of amides is 2. The predicted molar refractivity (Wildman–Crippen MR) is 97.2 cm³/mol. The predicted octanol–water partition coefficient (Wildman–Crippen LogP) is 3.24. The highest BCUT2D eigenvalue weighted by atomic mass is 35.5. The minimum absolute atomic E-state index is 0.0780. The monoisotopic (exact) mass is 345 g/mol. The van der Waals surface area contributed by atoms with E-state index in [1.54, 1.807) is 43.1 Å². The van der Waals surface area contributed by atoms with Gasteiger partial charge in [0.2, 0.25) is 11.8 Å². The molecule has 0 unspecified atom stereocenters. The van der Waals surface area contributed by atoms with Gasteiger partial charge in [-0.1, -0.05) is 41.9 Å². The number of likely N-dealkylation sites (N-methyl/N-ethyl adjacent to an activating group) is 1. The topological polar surface area (TPSA) is 61.4 Å². The smallest absolute Gasteiger partial charge is 0.241 e. The fourth-order valence-corrected chi connectivity index (χ4v) is 2.27. The molecule has 24 heavy (non-hydrogen) atoms. The van der Waals surface area contributed by atoms with Gasteiger partial charge in [-0.05, 0) is 38.2 Å². The van der Waals surface area contributed by atoms with Gasteiger partial charge in [0, 0.05) is 5.69 Å². The molecule has 5 nitrogen and oxygen atoms in total. The molecule has 0 aliphatic carbocycles. The van der Waals surface area contributed by atoms with Crippen LogP contribution in [0.25, 0.3) is 0 Å². The zero-order chi connectivity index (χ0) is 17.5. The van der Waals surface area contributed by atoms with Gasteiger partial charge in [0.1, 0.15) is 0 Å². The maximum absolute atomic E-state index is 12.2. The van der Waals surface area contributed by atoms with Crippen LogP contribution < -0.4 is 10.6 Å². The Balaban J connectivity index is 1.88. The summed E-state index contributed by atoms with van der Waals surface area (Å²) in [6.07, 6.45) is 0. The van der Waals surface area contributed by atoms with Gasteiger partial charge in [-0.2, -0.15) is 0 Å². The van der Waals surface area contributed by atoms with Crippen molar-refractivity contribution in [2.45, 2.75) is 13.0 Å². The maximum Gasteiger partial charge on any atom is 0.241 e. The highest BCUT2D eigenvalue weighted by molar-refractivity contribution is 6.33. The number of carbonyl (C=O) groups excluding carboxylic acids is 2. The highest BCUT2D eigenvalue weighted by Crippen LogP contribution is 2.20. The van der Waals surface area contributed by atoms with Crippen LogP contribution in [0.5, 0.6) is 0 Å². The SMILES string of the molecule is C[C@H](C(=O)Nc1ccccc1)N(C)CC(=O)Nc1ccccc1Cl. The van der Waals surface area contributed by atoms with Crippen molar-refractivity contribution < 1.29 is 9.59 Å². The van der Waals surface area contributed by atoms with E-state index in [-0.39, 0.29) is 18.4 Å². The molecular weight excluding hydrogens is 326 g/mol. The van der Waals surface area contributed by atoms with Gasteiger partial charge in [-0.25, -0.2) is 0 Å². The van der Waals surface area contributed by atoms with Crippen molar-refractivity contribution in [3.05, 3.63) is 59.6 Å². The molecule has 0 fully saturated rings. The summed E-state index contributed by atoms with van der Waals surface area (Å²) >= 11 is 6.02. The lowest BCUT2D eigenvalue weighted by Crippen LogP contribution is -2.43. The van der Waals surface area contributed by atoms with Crippen molar-refractivity contribution >= 4 is 34.8 Å². The first-order valence-corrected chi connectivity index (χ1v) is 7.95. The molecule has 0 radical (unpaired) electrons. The molecule has 0 saturated carbocycles. The lowest BCUT2D eigenvalue weighted by Gasteiger charge is -2.23. The first kappa shape index (κ1) is 18.0. The summed E-state index contributed by atoms with van der Waals surface area (Å²) in [5.74, 6) is -0.404. The number of benzene rings is 2. The zero-order valence-electron chi connectivity index (χ0n) is 13.6. The fraction of sp³-hybridized carbons (Fsp3) is 0.222. The van der Waals surface area contributed by atoms with Crippen molar-refractivity contribution in [3.63, 3.8) is 0 Å². The maximum atomic E-state index is 12.2. The van der Waals surface area contributed by atoms with Gasteiger partial charge in [-0.3, -0.25) is 14.5 Å². The summed E-state index contributed by atoms with van der Waals surface area (Å²) in [6.45, 7) is 1.83. The molecule has 0 aliphatic heterocycles. The molecule has 0 aliphatic rings. The van der Waals surface area contributed by atoms with Gasteiger partial charge >= 0.3 is 0 Å². The molecule has 0 saturated heterocycles. The van der Waals surface area contributed by atoms with E-state index in [2.05, 4.69) is 10.6 Å². The van der Waals surface area contributed by atoms with Crippen LogP contribution in [0.1, 0.15) is 6.92 Å². The molecule has 0 aromatic heterocycles. The molecule has 0 bridgehead atoms. The lowest BCUT2D eigenvalue weighted by molar-refractivity contribution is -0.122. The van der Waals surface area contributed by atoms with E-state index in [0.29, 0.717) is 10.7 Å². The fourth-order valence-electron chi connectivity index (χ4n) is 2.08. The average Bonchev–Trinajstić information content (AvgIpc) is 2.57. The van der Waals surface area contributed by atoms with E-state index >= 15 is 0 Å². The van der Waals surface area contributed by atoms with Crippen LogP contribution in [0.4, 0.5) is 11.4 Å². The summed E-state index contributed by atoms with van der Waals surface area (Å²) in [4.78, 5) is 26.0. The third-order valence-electron chi connectivity index (χ3n) is 3.62. The second-order valence-electron chi connectivity index (χ2n) is 5.47. The van der Waals surface area contributed by atoms with Crippen LogP contribution in [0.3, 0.4) is 0 Å². The van der Waals surface area contributed by atoms with E-state index in [4.69, 9.17) is 11.6 Å². The number of hydrogen-bond acceptors (Lipinski definition) is 3. The molecule has 1 atom stereocenters. The van der Waals surface area contributed by atoms with Crippen LogP contribution in [0.2, 0.25) is 5.02 Å². The van der Waals surface area contributed by atoms with Gasteiger partial charge in [0.15, 0.2) is 0 Å². The molecule has 2 aromatic rings. The summed E-state index contributed by atoms with van der Waals surface area (Å²) in [6, 6.07) is 15.8. The molecular formula is C18H20ClN3O2. The minimum atomic E-state index is -0.456. The van der Waals surface area contributed by atoms with E-state index in [1.807, 2.05) is 30.3 Å². The first-order valence-electron chi connectivity index (χ1n) is 7.58. The van der Waals surface area contributed by atoms with Crippen molar-refractivity contribution in [3.8, 4) is 0 Å². The molecule has 2 N–H and O–H groups in total. The number of carbonyl (C=O) groups is 2. The van der Waals surface area contributed by atoms with E-state index in [1.165, 1.54) is 0 Å². The zero-order valence-corrected chi connectivity index (χ0v) is 14.4. The Kier molecular flexibility index (Phi) is 6.35. The number of halogens is 1. The van der Waals surface area contributed by atoms with Crippen LogP contribution in [0, 0.1) is 0 Å². The molecule has 0 heterocycles. The Bertz CT molecular complexity index is 706. The van der Waals surface area contributed by atoms with Crippen LogP contribution in [-0.2, 0) is 9.59 Å². The molecule has 6 heteroatoms. The third kappa shape index (κ3) is 5.08. The molecule has 0 spiro atoms. The van der Waals surface area contributed by atoms with Crippen molar-refractivity contribution in [1.29, 1.82) is 0 Å². The number of para-hydroxylation sites is 2. The summed E-state index contributed by atoms with van der Waals surface area (Å²) in [5.41, 5.74) is 1.28. The second-order valence-corrected chi connectivity index (χ2v) is 5.88. The van der Waals surface area contributed by atoms with Gasteiger partial charge < -0.3 is 10.6 Å². The minimum Gasteiger partial charge on any atom is -0.325 e. The highest BCUT2D eigenvalue weighted by Gasteiger charge is 2.20. The van der Waals surface area contributed by atoms with Gasteiger partial charge in [0.05, 0.1) is 23.3 Å². The van der Waals surface area contributed by atoms with Gasteiger partial charge in [-0.15, -0.1) is 0 Å². The number of hydrogen-bond donors (Lipinski definition) is 2. The van der Waals surface area contributed by atoms with Crippen molar-refractivity contribution in [2.24, 2.45) is 0 Å². The molecule has 2 rings (SSSR count). The summed E-state index contributed by atoms with van der Waals surface area (Å²) in [5, 5.41) is 6.04.